The normalized spacial score (nSPS) is 11.2. The standard InChI is InChI=1S/C23H20FN5O4S2/c24-17-5-3-16(4-6-17)20-11-12-22(31)29(27-20)14-1-2-21(30)26-18-7-9-19(10-8-18)35(32,33)28-23-25-13-15-34-23/h3-13,15H,1-2,14H2,(H,25,28)(H,26,30). The van der Waals surface area contributed by atoms with Gasteiger partial charge in [0.2, 0.25) is 5.91 Å². The number of anilines is 2. The third-order valence-electron chi connectivity index (χ3n) is 4.88. The molecule has 35 heavy (non-hydrogen) atoms. The molecule has 0 aliphatic heterocycles. The van der Waals surface area contributed by atoms with E-state index >= 15 is 0 Å². The van der Waals surface area contributed by atoms with Gasteiger partial charge < -0.3 is 5.32 Å². The minimum Gasteiger partial charge on any atom is -0.326 e. The molecule has 0 aliphatic rings. The van der Waals surface area contributed by atoms with Crippen molar-refractivity contribution in [2.24, 2.45) is 0 Å². The van der Waals surface area contributed by atoms with E-state index in [9.17, 15) is 22.4 Å². The lowest BCUT2D eigenvalue weighted by atomic mass is 10.1. The van der Waals surface area contributed by atoms with Crippen molar-refractivity contribution in [3.05, 3.63) is 88.4 Å². The highest BCUT2D eigenvalue weighted by atomic mass is 32.2. The first kappa shape index (κ1) is 24.2. The van der Waals surface area contributed by atoms with Crippen molar-refractivity contribution in [3.8, 4) is 11.3 Å². The molecule has 4 aromatic rings. The van der Waals surface area contributed by atoms with Crippen LogP contribution < -0.4 is 15.6 Å². The maximum absolute atomic E-state index is 13.1. The molecule has 0 atom stereocenters. The van der Waals surface area contributed by atoms with Crippen LogP contribution in [0, 0.1) is 5.82 Å². The molecular weight excluding hydrogens is 493 g/mol. The number of carbonyl (C=O) groups is 1. The van der Waals surface area contributed by atoms with Gasteiger partial charge in [-0.3, -0.25) is 14.3 Å². The number of hydrogen-bond acceptors (Lipinski definition) is 7. The van der Waals surface area contributed by atoms with Gasteiger partial charge in [-0.05, 0) is 61.0 Å². The monoisotopic (exact) mass is 513 g/mol. The number of halogens is 1. The number of benzene rings is 2. The molecule has 2 heterocycles. The minimum atomic E-state index is -3.78. The molecule has 0 bridgehead atoms. The van der Waals surface area contributed by atoms with Crippen LogP contribution in [0.25, 0.3) is 11.3 Å². The van der Waals surface area contributed by atoms with Gasteiger partial charge in [0.25, 0.3) is 15.6 Å². The Bertz CT molecular complexity index is 1470. The molecule has 0 saturated carbocycles. The molecule has 12 heteroatoms. The van der Waals surface area contributed by atoms with Crippen LogP contribution in [0.4, 0.5) is 15.2 Å². The van der Waals surface area contributed by atoms with E-state index in [-0.39, 0.29) is 40.3 Å². The Morgan fingerprint density at radius 2 is 1.77 bits per heavy atom. The molecule has 0 saturated heterocycles. The Morgan fingerprint density at radius 1 is 1.03 bits per heavy atom. The van der Waals surface area contributed by atoms with Crippen molar-refractivity contribution in [2.45, 2.75) is 24.3 Å². The van der Waals surface area contributed by atoms with E-state index < -0.39 is 10.0 Å². The zero-order valence-electron chi connectivity index (χ0n) is 18.2. The van der Waals surface area contributed by atoms with Gasteiger partial charge in [0.05, 0.1) is 10.6 Å². The fourth-order valence-corrected chi connectivity index (χ4v) is 4.95. The summed E-state index contributed by atoms with van der Waals surface area (Å²) < 4.78 is 41.6. The van der Waals surface area contributed by atoms with Gasteiger partial charge in [0, 0.05) is 41.9 Å². The molecule has 4 rings (SSSR count). The smallest absolute Gasteiger partial charge is 0.266 e. The largest absolute Gasteiger partial charge is 0.326 e. The fraction of sp³-hybridized carbons (Fsp3) is 0.130. The van der Waals surface area contributed by atoms with Gasteiger partial charge in [0.15, 0.2) is 5.13 Å². The summed E-state index contributed by atoms with van der Waals surface area (Å²) in [6, 6.07) is 14.5. The Kier molecular flexibility index (Phi) is 7.32. The van der Waals surface area contributed by atoms with Gasteiger partial charge in [-0.15, -0.1) is 11.3 Å². The highest BCUT2D eigenvalue weighted by Gasteiger charge is 2.15. The number of aryl methyl sites for hydroxylation is 1. The maximum atomic E-state index is 13.1. The molecule has 2 N–H and O–H groups in total. The van der Waals surface area contributed by atoms with Gasteiger partial charge in [0.1, 0.15) is 5.82 Å². The molecule has 2 aromatic carbocycles. The summed E-state index contributed by atoms with van der Waals surface area (Å²) in [5, 5.41) is 8.92. The predicted molar refractivity (Wildman–Crippen MR) is 131 cm³/mol. The molecule has 180 valence electrons. The first-order chi connectivity index (χ1) is 16.8. The number of hydrogen-bond donors (Lipinski definition) is 2. The van der Waals surface area contributed by atoms with E-state index in [4.69, 9.17) is 0 Å². The molecular formula is C23H20FN5O4S2. The van der Waals surface area contributed by atoms with E-state index in [1.54, 1.807) is 23.6 Å². The average Bonchev–Trinajstić information content (AvgIpc) is 3.33. The SMILES string of the molecule is O=C(CCCn1nc(-c2ccc(F)cc2)ccc1=O)Nc1ccc(S(=O)(=O)Nc2nccs2)cc1. The number of sulfonamides is 1. The van der Waals surface area contributed by atoms with E-state index in [1.165, 1.54) is 64.7 Å². The van der Waals surface area contributed by atoms with Gasteiger partial charge in [-0.1, -0.05) is 0 Å². The van der Waals surface area contributed by atoms with Crippen molar-refractivity contribution in [3.63, 3.8) is 0 Å². The van der Waals surface area contributed by atoms with Crippen LogP contribution in [0.2, 0.25) is 0 Å². The highest BCUT2D eigenvalue weighted by Crippen LogP contribution is 2.20. The summed E-state index contributed by atoms with van der Waals surface area (Å²) in [6.45, 7) is 0.223. The van der Waals surface area contributed by atoms with Crippen molar-refractivity contribution >= 4 is 38.1 Å². The van der Waals surface area contributed by atoms with E-state index in [0.717, 1.165) is 0 Å². The van der Waals surface area contributed by atoms with Crippen LogP contribution in [0.1, 0.15) is 12.8 Å². The first-order valence-corrected chi connectivity index (χ1v) is 12.8. The lowest BCUT2D eigenvalue weighted by Crippen LogP contribution is -2.23. The third kappa shape index (κ3) is 6.37. The third-order valence-corrected chi connectivity index (χ3v) is 7.06. The van der Waals surface area contributed by atoms with E-state index in [1.807, 2.05) is 0 Å². The minimum absolute atomic E-state index is 0.0391. The summed E-state index contributed by atoms with van der Waals surface area (Å²) in [6.07, 6.45) is 1.98. The zero-order valence-corrected chi connectivity index (χ0v) is 19.9. The summed E-state index contributed by atoms with van der Waals surface area (Å²) in [4.78, 5) is 28.4. The Morgan fingerprint density at radius 3 is 2.46 bits per heavy atom. The maximum Gasteiger partial charge on any atom is 0.266 e. The second kappa shape index (κ2) is 10.6. The predicted octanol–water partition coefficient (Wildman–Crippen LogP) is 3.73. The van der Waals surface area contributed by atoms with Crippen molar-refractivity contribution in [2.75, 3.05) is 10.0 Å². The first-order valence-electron chi connectivity index (χ1n) is 10.5. The molecule has 2 aromatic heterocycles. The van der Waals surface area contributed by atoms with Crippen LogP contribution in [-0.2, 0) is 21.4 Å². The number of rotatable bonds is 9. The second-order valence-corrected chi connectivity index (χ2v) is 9.98. The quantitative estimate of drug-likeness (QED) is 0.352. The van der Waals surface area contributed by atoms with Crippen LogP contribution >= 0.6 is 11.3 Å². The number of aromatic nitrogens is 3. The molecule has 0 radical (unpaired) electrons. The van der Waals surface area contributed by atoms with E-state index in [2.05, 4.69) is 20.1 Å². The van der Waals surface area contributed by atoms with Crippen molar-refractivity contribution in [1.29, 1.82) is 0 Å². The Balaban J connectivity index is 1.31. The van der Waals surface area contributed by atoms with Crippen molar-refractivity contribution in [1.82, 2.24) is 14.8 Å². The summed E-state index contributed by atoms with van der Waals surface area (Å²) in [5.41, 5.74) is 1.33. The summed E-state index contributed by atoms with van der Waals surface area (Å²) in [7, 11) is -3.78. The van der Waals surface area contributed by atoms with Gasteiger partial charge >= 0.3 is 0 Å². The Hall–Kier alpha value is -3.90. The average molecular weight is 514 g/mol. The van der Waals surface area contributed by atoms with Crippen LogP contribution in [0.5, 0.6) is 0 Å². The Labute approximate surface area is 204 Å². The lowest BCUT2D eigenvalue weighted by molar-refractivity contribution is -0.116. The number of nitrogens with one attached hydrogen (secondary N) is 2. The van der Waals surface area contributed by atoms with E-state index in [0.29, 0.717) is 23.4 Å². The number of thiazole rings is 1. The van der Waals surface area contributed by atoms with Crippen LogP contribution in [-0.4, -0.2) is 29.1 Å². The topological polar surface area (TPSA) is 123 Å². The van der Waals surface area contributed by atoms with Crippen molar-refractivity contribution < 1.29 is 17.6 Å². The number of amides is 1. The molecule has 9 nitrogen and oxygen atoms in total. The number of carbonyl (C=O) groups excluding carboxylic acids is 1. The fourth-order valence-electron chi connectivity index (χ4n) is 3.16. The van der Waals surface area contributed by atoms with Gasteiger partial charge in [-0.25, -0.2) is 22.5 Å². The molecule has 0 aliphatic carbocycles. The lowest BCUT2D eigenvalue weighted by Gasteiger charge is -2.09. The highest BCUT2D eigenvalue weighted by molar-refractivity contribution is 7.93. The molecule has 0 fully saturated rings. The summed E-state index contributed by atoms with van der Waals surface area (Å²) >= 11 is 1.17. The summed E-state index contributed by atoms with van der Waals surface area (Å²) in [5.74, 6) is -0.652. The molecule has 0 spiro atoms. The molecule has 1 amide bonds. The molecule has 0 unspecified atom stereocenters. The number of nitrogens with zero attached hydrogens (tertiary/aromatic N) is 3. The zero-order chi connectivity index (χ0) is 24.8. The van der Waals surface area contributed by atoms with Gasteiger partial charge in [-0.2, -0.15) is 5.10 Å². The van der Waals surface area contributed by atoms with Crippen LogP contribution in [0.15, 0.2) is 81.9 Å². The van der Waals surface area contributed by atoms with Crippen LogP contribution in [0.3, 0.4) is 0 Å². The second-order valence-electron chi connectivity index (χ2n) is 7.41.